The summed E-state index contributed by atoms with van der Waals surface area (Å²) in [5.74, 6) is -1.09. The van der Waals surface area contributed by atoms with E-state index in [9.17, 15) is 23.1 Å². The molecule has 3 unspecified atom stereocenters. The van der Waals surface area contributed by atoms with Gasteiger partial charge < -0.3 is 5.11 Å². The third-order valence-corrected chi connectivity index (χ3v) is 4.52. The van der Waals surface area contributed by atoms with Crippen molar-refractivity contribution < 1.29 is 23.1 Å². The number of carbonyl (C=O) groups is 1. The van der Waals surface area contributed by atoms with E-state index in [2.05, 4.69) is 6.92 Å². The summed E-state index contributed by atoms with van der Waals surface area (Å²) in [5.41, 5.74) is 0.00882. The Balaban J connectivity index is 2.25. The van der Waals surface area contributed by atoms with E-state index < -0.39 is 23.6 Å². The topological polar surface area (TPSA) is 37.3 Å². The van der Waals surface area contributed by atoms with Gasteiger partial charge in [-0.05, 0) is 48.8 Å². The number of aliphatic carboxylic acids is 1. The van der Waals surface area contributed by atoms with Gasteiger partial charge in [-0.15, -0.1) is 0 Å². The lowest BCUT2D eigenvalue weighted by Crippen LogP contribution is -2.29. The second-order valence-electron chi connectivity index (χ2n) is 5.76. The van der Waals surface area contributed by atoms with Gasteiger partial charge in [0.25, 0.3) is 0 Å². The highest BCUT2D eigenvalue weighted by molar-refractivity contribution is 5.71. The predicted octanol–water partition coefficient (Wildman–Crippen LogP) is 4.70. The monoisotopic (exact) mass is 300 g/mol. The van der Waals surface area contributed by atoms with Gasteiger partial charge in [0.05, 0.1) is 11.5 Å². The van der Waals surface area contributed by atoms with E-state index in [1.807, 2.05) is 0 Å². The largest absolute Gasteiger partial charge is 0.481 e. The molecule has 0 heterocycles. The van der Waals surface area contributed by atoms with Gasteiger partial charge in [0.1, 0.15) is 0 Å². The van der Waals surface area contributed by atoms with Crippen LogP contribution in [0.15, 0.2) is 24.3 Å². The molecule has 1 aromatic carbocycles. The number of carboxylic acid groups (broad SMARTS) is 1. The van der Waals surface area contributed by atoms with Crippen LogP contribution in [0, 0.1) is 11.8 Å². The van der Waals surface area contributed by atoms with E-state index in [4.69, 9.17) is 0 Å². The average Bonchev–Trinajstić information content (AvgIpc) is 2.45. The molecule has 0 aliphatic heterocycles. The van der Waals surface area contributed by atoms with Crippen molar-refractivity contribution in [1.29, 1.82) is 0 Å². The number of hydrogen-bond acceptors (Lipinski definition) is 1. The number of rotatable bonds is 3. The van der Waals surface area contributed by atoms with Gasteiger partial charge in [0, 0.05) is 0 Å². The predicted molar refractivity (Wildman–Crippen MR) is 72.9 cm³/mol. The molecule has 3 atom stereocenters. The Morgan fingerprint density at radius 1 is 1.24 bits per heavy atom. The summed E-state index contributed by atoms with van der Waals surface area (Å²) in [5, 5.41) is 9.33. The van der Waals surface area contributed by atoms with E-state index in [1.54, 1.807) is 0 Å². The molecule has 1 fully saturated rings. The van der Waals surface area contributed by atoms with Crippen LogP contribution in [-0.4, -0.2) is 11.1 Å². The van der Waals surface area contributed by atoms with E-state index in [1.165, 1.54) is 12.1 Å². The third kappa shape index (κ3) is 3.57. The quantitative estimate of drug-likeness (QED) is 0.878. The molecule has 0 bridgehead atoms. The molecule has 0 amide bonds. The van der Waals surface area contributed by atoms with Gasteiger partial charge in [-0.1, -0.05) is 25.5 Å². The Morgan fingerprint density at radius 3 is 2.33 bits per heavy atom. The fraction of sp³-hybridized carbons (Fsp3) is 0.562. The molecular weight excluding hydrogens is 281 g/mol. The fourth-order valence-electron chi connectivity index (χ4n) is 3.21. The van der Waals surface area contributed by atoms with Crippen LogP contribution in [0.4, 0.5) is 13.2 Å². The van der Waals surface area contributed by atoms with Gasteiger partial charge >= 0.3 is 12.1 Å². The highest BCUT2D eigenvalue weighted by Crippen LogP contribution is 2.42. The molecule has 0 spiro atoms. The van der Waals surface area contributed by atoms with Crippen LogP contribution in [0.25, 0.3) is 0 Å². The zero-order chi connectivity index (χ0) is 15.6. The highest BCUT2D eigenvalue weighted by atomic mass is 19.4. The minimum atomic E-state index is -4.36. The molecule has 1 aliphatic rings. The fourth-order valence-corrected chi connectivity index (χ4v) is 3.21. The van der Waals surface area contributed by atoms with Crippen molar-refractivity contribution in [3.8, 4) is 0 Å². The molecular formula is C16H19F3O2. The van der Waals surface area contributed by atoms with Crippen LogP contribution >= 0.6 is 0 Å². The van der Waals surface area contributed by atoms with Gasteiger partial charge in [0.15, 0.2) is 0 Å². The minimum Gasteiger partial charge on any atom is -0.481 e. The molecule has 2 rings (SSSR count). The molecule has 1 N–H and O–H groups in total. The van der Waals surface area contributed by atoms with Crippen molar-refractivity contribution in [2.75, 3.05) is 0 Å². The van der Waals surface area contributed by atoms with Crippen molar-refractivity contribution in [3.63, 3.8) is 0 Å². The van der Waals surface area contributed by atoms with Gasteiger partial charge in [-0.25, -0.2) is 0 Å². The number of alkyl halides is 3. The summed E-state index contributed by atoms with van der Waals surface area (Å²) in [7, 11) is 0. The summed E-state index contributed by atoms with van der Waals surface area (Å²) in [6.45, 7) is 2.07. The average molecular weight is 300 g/mol. The molecule has 1 saturated carbocycles. The van der Waals surface area contributed by atoms with Crippen LogP contribution in [0.5, 0.6) is 0 Å². The number of halogens is 3. The van der Waals surface area contributed by atoms with Crippen LogP contribution in [0.2, 0.25) is 0 Å². The summed E-state index contributed by atoms with van der Waals surface area (Å²) in [4.78, 5) is 11.4. The van der Waals surface area contributed by atoms with Crippen molar-refractivity contribution in [1.82, 2.24) is 0 Å². The second-order valence-corrected chi connectivity index (χ2v) is 5.76. The lowest BCUT2D eigenvalue weighted by Gasteiger charge is -2.34. The zero-order valence-corrected chi connectivity index (χ0v) is 11.9. The van der Waals surface area contributed by atoms with E-state index in [0.29, 0.717) is 17.9 Å². The van der Waals surface area contributed by atoms with Crippen molar-refractivity contribution in [2.45, 2.75) is 44.7 Å². The summed E-state index contributed by atoms with van der Waals surface area (Å²) >= 11 is 0. The first kappa shape index (κ1) is 15.9. The number of benzene rings is 1. The minimum absolute atomic E-state index is 0.191. The smallest absolute Gasteiger partial charge is 0.416 e. The van der Waals surface area contributed by atoms with Gasteiger partial charge in [0.2, 0.25) is 0 Å². The van der Waals surface area contributed by atoms with E-state index in [0.717, 1.165) is 31.4 Å². The first-order chi connectivity index (χ1) is 9.82. The van der Waals surface area contributed by atoms with Crippen LogP contribution in [0.1, 0.15) is 49.7 Å². The Labute approximate surface area is 122 Å². The number of hydrogen-bond donors (Lipinski definition) is 1. The summed E-state index contributed by atoms with van der Waals surface area (Å²) < 4.78 is 37.8. The van der Waals surface area contributed by atoms with Gasteiger partial charge in [-0.3, -0.25) is 4.79 Å². The Hall–Kier alpha value is -1.52. The van der Waals surface area contributed by atoms with Gasteiger partial charge in [-0.2, -0.15) is 13.2 Å². The molecule has 116 valence electrons. The maximum Gasteiger partial charge on any atom is 0.416 e. The zero-order valence-electron chi connectivity index (χ0n) is 11.9. The number of carboxylic acids is 1. The van der Waals surface area contributed by atoms with E-state index >= 15 is 0 Å². The summed E-state index contributed by atoms with van der Waals surface area (Å²) in [6.07, 6.45) is -1.17. The molecule has 5 heteroatoms. The van der Waals surface area contributed by atoms with E-state index in [-0.39, 0.29) is 5.92 Å². The maximum absolute atomic E-state index is 12.6. The second kappa shape index (κ2) is 6.08. The standard InChI is InChI=1S/C16H19F3O2/c1-2-10-3-8-13(15(20)21)14(9-10)11-4-6-12(7-5-11)16(17,18)19/h4-7,10,13-14H,2-3,8-9H2,1H3,(H,20,21). The molecule has 0 radical (unpaired) electrons. The first-order valence-electron chi connectivity index (χ1n) is 7.23. The Bertz CT molecular complexity index is 493. The molecule has 1 aromatic rings. The third-order valence-electron chi connectivity index (χ3n) is 4.52. The van der Waals surface area contributed by atoms with Crippen molar-refractivity contribution in [2.24, 2.45) is 11.8 Å². The molecule has 2 nitrogen and oxygen atoms in total. The van der Waals surface area contributed by atoms with Crippen LogP contribution in [-0.2, 0) is 11.0 Å². The molecule has 1 aliphatic carbocycles. The highest BCUT2D eigenvalue weighted by Gasteiger charge is 2.36. The van der Waals surface area contributed by atoms with Crippen molar-refractivity contribution >= 4 is 5.97 Å². The lowest BCUT2D eigenvalue weighted by molar-refractivity contribution is -0.144. The first-order valence-corrected chi connectivity index (χ1v) is 7.23. The van der Waals surface area contributed by atoms with Crippen molar-refractivity contribution in [3.05, 3.63) is 35.4 Å². The Morgan fingerprint density at radius 2 is 1.86 bits per heavy atom. The van der Waals surface area contributed by atoms with Crippen LogP contribution in [0.3, 0.4) is 0 Å². The molecule has 21 heavy (non-hydrogen) atoms. The maximum atomic E-state index is 12.6. The Kier molecular flexibility index (Phi) is 4.59. The molecule has 0 aromatic heterocycles. The SMILES string of the molecule is CCC1CCC(C(=O)O)C(c2ccc(C(F)(F)F)cc2)C1. The normalized spacial score (nSPS) is 26.6. The van der Waals surface area contributed by atoms with Crippen LogP contribution < -0.4 is 0 Å². The summed E-state index contributed by atoms with van der Waals surface area (Å²) in [6, 6.07) is 4.95. The lowest BCUT2D eigenvalue weighted by atomic mass is 9.70. The molecule has 0 saturated heterocycles.